The van der Waals surface area contributed by atoms with Crippen LogP contribution in [0.25, 0.3) is 0 Å². The average Bonchev–Trinajstić information content (AvgIpc) is 2.50. The Morgan fingerprint density at radius 3 is 2.38 bits per heavy atom. The van der Waals surface area contributed by atoms with Gasteiger partial charge in [-0.1, -0.05) is 18.2 Å². The van der Waals surface area contributed by atoms with E-state index in [9.17, 15) is 8.78 Å². The van der Waals surface area contributed by atoms with Gasteiger partial charge >= 0.3 is 0 Å². The molecule has 0 heterocycles. The van der Waals surface area contributed by atoms with Crippen molar-refractivity contribution in [3.05, 3.63) is 24.8 Å². The number of hydrogen-bond acceptors (Lipinski definition) is 1. The van der Waals surface area contributed by atoms with Crippen molar-refractivity contribution in [3.63, 3.8) is 0 Å². The Kier molecular flexibility index (Phi) is 6.40. The molecule has 0 radical (unpaired) electrons. The van der Waals surface area contributed by atoms with Crippen molar-refractivity contribution in [2.45, 2.75) is 63.9 Å². The van der Waals surface area contributed by atoms with Crippen LogP contribution < -0.4 is 0 Å². The van der Waals surface area contributed by atoms with Crippen LogP contribution in [-0.2, 0) is 4.74 Å². The first kappa shape index (κ1) is 16.7. The molecule has 2 saturated carbocycles. The molecule has 0 aliphatic heterocycles. The maximum atomic E-state index is 14.5. The summed E-state index contributed by atoms with van der Waals surface area (Å²) >= 11 is 0. The summed E-state index contributed by atoms with van der Waals surface area (Å²) < 4.78 is 34.0. The molecule has 2 aliphatic rings. The van der Waals surface area contributed by atoms with Crippen molar-refractivity contribution >= 4 is 0 Å². The molecule has 4 atom stereocenters. The van der Waals surface area contributed by atoms with Crippen molar-refractivity contribution in [2.24, 2.45) is 17.8 Å². The molecule has 0 bridgehead atoms. The Hall–Kier alpha value is -0.700. The molecule has 120 valence electrons. The fourth-order valence-corrected chi connectivity index (χ4v) is 4.02. The molecular weight excluding hydrogens is 270 g/mol. The zero-order valence-corrected chi connectivity index (χ0v) is 13.0. The maximum Gasteiger partial charge on any atom is 0.157 e. The minimum absolute atomic E-state index is 0.116. The van der Waals surface area contributed by atoms with E-state index in [0.29, 0.717) is 24.9 Å². The highest BCUT2D eigenvalue weighted by molar-refractivity contribution is 4.95. The van der Waals surface area contributed by atoms with Gasteiger partial charge in [0.2, 0.25) is 0 Å². The second-order valence-corrected chi connectivity index (χ2v) is 6.49. The summed E-state index contributed by atoms with van der Waals surface area (Å²) in [5.74, 6) is 0.869. The third kappa shape index (κ3) is 4.15. The number of hydrogen-bond donors (Lipinski definition) is 0. The predicted molar refractivity (Wildman–Crippen MR) is 82.7 cm³/mol. The summed E-state index contributed by atoms with van der Waals surface area (Å²) in [7, 11) is 0. The van der Waals surface area contributed by atoms with E-state index in [1.54, 1.807) is 6.08 Å². The van der Waals surface area contributed by atoms with E-state index in [-0.39, 0.29) is 5.92 Å². The van der Waals surface area contributed by atoms with Gasteiger partial charge in [-0.2, -0.15) is 0 Å². The molecule has 3 heteroatoms. The number of halogens is 2. The highest BCUT2D eigenvalue weighted by atomic mass is 19.2. The van der Waals surface area contributed by atoms with Crippen LogP contribution in [0.5, 0.6) is 0 Å². The Bertz CT molecular complexity index is 347. The van der Waals surface area contributed by atoms with Gasteiger partial charge in [0.05, 0.1) is 12.7 Å². The van der Waals surface area contributed by atoms with E-state index in [2.05, 4.69) is 18.7 Å². The highest BCUT2D eigenvalue weighted by Crippen LogP contribution is 2.42. The van der Waals surface area contributed by atoms with E-state index in [1.165, 1.54) is 0 Å². The first-order chi connectivity index (χ1) is 10.2. The topological polar surface area (TPSA) is 9.23 Å². The molecule has 21 heavy (non-hydrogen) atoms. The minimum Gasteiger partial charge on any atom is -0.371 e. The first-order valence-electron chi connectivity index (χ1n) is 8.30. The summed E-state index contributed by atoms with van der Waals surface area (Å²) in [5.41, 5.74) is 0. The maximum absolute atomic E-state index is 14.5. The van der Waals surface area contributed by atoms with E-state index < -0.39 is 18.4 Å². The van der Waals surface area contributed by atoms with Gasteiger partial charge in [-0.05, 0) is 63.2 Å². The van der Waals surface area contributed by atoms with Crippen LogP contribution in [0.4, 0.5) is 8.78 Å². The molecule has 0 aromatic carbocycles. The van der Waals surface area contributed by atoms with Gasteiger partial charge in [0.1, 0.15) is 6.17 Å². The van der Waals surface area contributed by atoms with Crippen LogP contribution in [0.1, 0.15) is 45.4 Å². The van der Waals surface area contributed by atoms with Crippen molar-refractivity contribution in [3.8, 4) is 0 Å². The van der Waals surface area contributed by atoms with E-state index >= 15 is 0 Å². The van der Waals surface area contributed by atoms with Crippen LogP contribution in [0.15, 0.2) is 24.8 Å². The Morgan fingerprint density at radius 2 is 1.76 bits per heavy atom. The SMILES string of the molecule is C=CCOC1CCC(C2CCC(/C=C/C)CC2)C(F)C1F. The third-order valence-electron chi connectivity index (χ3n) is 5.17. The van der Waals surface area contributed by atoms with E-state index in [4.69, 9.17) is 4.74 Å². The van der Waals surface area contributed by atoms with Crippen LogP contribution in [0.2, 0.25) is 0 Å². The molecule has 1 nitrogen and oxygen atoms in total. The lowest BCUT2D eigenvalue weighted by atomic mass is 9.69. The molecule has 0 amide bonds. The van der Waals surface area contributed by atoms with Gasteiger partial charge < -0.3 is 4.74 Å². The van der Waals surface area contributed by atoms with Gasteiger partial charge in [0.25, 0.3) is 0 Å². The predicted octanol–water partition coefficient (Wildman–Crippen LogP) is 5.03. The van der Waals surface area contributed by atoms with Gasteiger partial charge in [0.15, 0.2) is 6.17 Å². The van der Waals surface area contributed by atoms with Crippen molar-refractivity contribution < 1.29 is 13.5 Å². The monoisotopic (exact) mass is 298 g/mol. The second-order valence-electron chi connectivity index (χ2n) is 6.49. The molecule has 0 aromatic rings. The number of ether oxygens (including phenoxy) is 1. The third-order valence-corrected chi connectivity index (χ3v) is 5.17. The van der Waals surface area contributed by atoms with E-state index in [1.807, 2.05) is 6.92 Å². The highest BCUT2D eigenvalue weighted by Gasteiger charge is 2.44. The minimum atomic E-state index is -1.48. The molecule has 4 unspecified atom stereocenters. The molecule has 0 saturated heterocycles. The fourth-order valence-electron chi connectivity index (χ4n) is 4.02. The molecule has 2 rings (SSSR count). The standard InChI is InChI=1S/C18H28F2O/c1-3-5-13-6-8-14(9-7-13)15-10-11-16(21-12-4-2)18(20)17(15)19/h3-5,13-18H,2,6-12H2,1H3/b5-3+. The Labute approximate surface area is 127 Å². The normalized spacial score (nSPS) is 41.3. The zero-order valence-electron chi connectivity index (χ0n) is 13.0. The van der Waals surface area contributed by atoms with Crippen molar-refractivity contribution in [2.75, 3.05) is 6.61 Å². The summed E-state index contributed by atoms with van der Waals surface area (Å²) in [5, 5.41) is 0. The largest absolute Gasteiger partial charge is 0.371 e. The lowest BCUT2D eigenvalue weighted by Crippen LogP contribution is -2.45. The Morgan fingerprint density at radius 1 is 1.05 bits per heavy atom. The number of rotatable bonds is 5. The summed E-state index contributed by atoms with van der Waals surface area (Å²) in [4.78, 5) is 0. The number of alkyl halides is 2. The number of allylic oxidation sites excluding steroid dienone is 2. The molecule has 0 N–H and O–H groups in total. The van der Waals surface area contributed by atoms with Gasteiger partial charge in [-0.3, -0.25) is 0 Å². The van der Waals surface area contributed by atoms with Gasteiger partial charge in [-0.15, -0.1) is 6.58 Å². The van der Waals surface area contributed by atoms with E-state index in [0.717, 1.165) is 32.1 Å². The summed E-state index contributed by atoms with van der Waals surface area (Å²) in [6.07, 6.45) is 8.20. The molecule has 2 aliphatic carbocycles. The molecule has 2 fully saturated rings. The quantitative estimate of drug-likeness (QED) is 0.647. The van der Waals surface area contributed by atoms with Crippen LogP contribution in [-0.4, -0.2) is 25.1 Å². The molecular formula is C18H28F2O. The van der Waals surface area contributed by atoms with Gasteiger partial charge in [-0.25, -0.2) is 8.78 Å². The fraction of sp³-hybridized carbons (Fsp3) is 0.778. The lowest BCUT2D eigenvalue weighted by Gasteiger charge is -2.40. The van der Waals surface area contributed by atoms with Crippen LogP contribution >= 0.6 is 0 Å². The second kappa shape index (κ2) is 8.07. The first-order valence-corrected chi connectivity index (χ1v) is 8.30. The Balaban J connectivity index is 1.86. The zero-order chi connectivity index (χ0) is 15.2. The molecule has 0 aromatic heterocycles. The lowest BCUT2D eigenvalue weighted by molar-refractivity contribution is -0.0803. The molecule has 0 spiro atoms. The van der Waals surface area contributed by atoms with Crippen LogP contribution in [0.3, 0.4) is 0 Å². The van der Waals surface area contributed by atoms with Crippen molar-refractivity contribution in [1.82, 2.24) is 0 Å². The summed E-state index contributed by atoms with van der Waals surface area (Å²) in [6.45, 7) is 5.90. The smallest absolute Gasteiger partial charge is 0.157 e. The average molecular weight is 298 g/mol. The van der Waals surface area contributed by atoms with Crippen molar-refractivity contribution in [1.29, 1.82) is 0 Å². The van der Waals surface area contributed by atoms with Gasteiger partial charge in [0, 0.05) is 0 Å². The van der Waals surface area contributed by atoms with Crippen LogP contribution in [0, 0.1) is 17.8 Å². The summed E-state index contributed by atoms with van der Waals surface area (Å²) in [6, 6.07) is 0.